The Hall–Kier alpha value is -1.97. The molecule has 0 atom stereocenters. The van der Waals surface area contributed by atoms with Gasteiger partial charge in [0.15, 0.2) is 5.65 Å². The highest BCUT2D eigenvalue weighted by atomic mass is 35.5. The molecule has 0 fully saturated rings. The summed E-state index contributed by atoms with van der Waals surface area (Å²) in [5.41, 5.74) is 4.22. The quantitative estimate of drug-likeness (QED) is 0.262. The molecule has 2 aromatic rings. The van der Waals surface area contributed by atoms with E-state index in [1.807, 2.05) is 22.7 Å². The van der Waals surface area contributed by atoms with Crippen LogP contribution in [0.3, 0.4) is 0 Å². The second-order valence-corrected chi connectivity index (χ2v) is 9.06. The van der Waals surface area contributed by atoms with Gasteiger partial charge >= 0.3 is 0 Å². The van der Waals surface area contributed by atoms with Crippen LogP contribution in [-0.2, 0) is 6.42 Å². The molecule has 30 heavy (non-hydrogen) atoms. The summed E-state index contributed by atoms with van der Waals surface area (Å²) >= 11 is 12.8. The van der Waals surface area contributed by atoms with Gasteiger partial charge < -0.3 is 9.30 Å². The molecular formula is C25H33Cl2N3. The zero-order chi connectivity index (χ0) is 22.5. The zero-order valence-electron chi connectivity index (χ0n) is 18.6. The van der Waals surface area contributed by atoms with Crippen LogP contribution in [0.25, 0.3) is 11.2 Å². The van der Waals surface area contributed by atoms with Gasteiger partial charge in [-0.15, -0.1) is 6.58 Å². The molecule has 3 nitrogen and oxygen atoms in total. The van der Waals surface area contributed by atoms with Crippen LogP contribution < -0.4 is 0 Å². The van der Waals surface area contributed by atoms with Crippen molar-refractivity contribution in [1.82, 2.24) is 14.3 Å². The Morgan fingerprint density at radius 2 is 1.83 bits per heavy atom. The zero-order valence-corrected chi connectivity index (χ0v) is 20.2. The summed E-state index contributed by atoms with van der Waals surface area (Å²) < 4.78 is 1.97. The minimum Gasteiger partial charge on any atom is -0.375 e. The van der Waals surface area contributed by atoms with E-state index in [1.54, 1.807) is 6.07 Å². The number of nitrogens with zero attached hydrogens (tertiary/aromatic N) is 3. The maximum Gasteiger partial charge on any atom is 0.156 e. The highest BCUT2D eigenvalue weighted by Crippen LogP contribution is 2.30. The maximum absolute atomic E-state index is 6.46. The van der Waals surface area contributed by atoms with Crippen molar-refractivity contribution >= 4 is 34.4 Å². The number of aromatic nitrogens is 2. The van der Waals surface area contributed by atoms with Gasteiger partial charge in [-0.3, -0.25) is 0 Å². The molecule has 2 aromatic heterocycles. The smallest absolute Gasteiger partial charge is 0.156 e. The Bertz CT molecular complexity index is 960. The average Bonchev–Trinajstić information content (AvgIpc) is 3.04. The average molecular weight is 446 g/mol. The van der Waals surface area contributed by atoms with Crippen LogP contribution in [0, 0.1) is 5.41 Å². The number of rotatable bonds is 11. The molecule has 162 valence electrons. The molecule has 0 saturated carbocycles. The summed E-state index contributed by atoms with van der Waals surface area (Å²) in [6, 6.07) is 1.72. The molecule has 0 N–H and O–H groups in total. The molecule has 0 aliphatic heterocycles. The first-order valence-corrected chi connectivity index (χ1v) is 11.2. The Labute approximate surface area is 191 Å². The van der Waals surface area contributed by atoms with E-state index in [4.69, 9.17) is 28.2 Å². The van der Waals surface area contributed by atoms with Gasteiger partial charge in [-0.1, -0.05) is 82.3 Å². The third kappa shape index (κ3) is 5.80. The molecule has 0 aliphatic carbocycles. The first kappa shape index (κ1) is 24.3. The molecule has 0 amide bonds. The number of hydrogen-bond acceptors (Lipinski definition) is 2. The number of imidazole rings is 1. The number of fused-ring (bicyclic) bond motifs is 1. The largest absolute Gasteiger partial charge is 0.375 e. The van der Waals surface area contributed by atoms with Gasteiger partial charge in [-0.05, 0) is 24.5 Å². The van der Waals surface area contributed by atoms with Crippen LogP contribution >= 0.6 is 23.2 Å². The molecule has 0 bridgehead atoms. The van der Waals surface area contributed by atoms with Crippen molar-refractivity contribution in [1.29, 1.82) is 0 Å². The third-order valence-electron chi connectivity index (χ3n) is 5.09. The van der Waals surface area contributed by atoms with Crippen molar-refractivity contribution in [2.24, 2.45) is 5.41 Å². The Kier molecular flexibility index (Phi) is 8.40. The molecule has 0 radical (unpaired) electrons. The number of allylic oxidation sites excluding steroid dienone is 5. The van der Waals surface area contributed by atoms with E-state index in [0.717, 1.165) is 48.6 Å². The van der Waals surface area contributed by atoms with Crippen molar-refractivity contribution in [3.63, 3.8) is 0 Å². The highest BCUT2D eigenvalue weighted by molar-refractivity contribution is 6.36. The van der Waals surface area contributed by atoms with Crippen molar-refractivity contribution in [3.8, 4) is 0 Å². The minimum absolute atomic E-state index is 0.133. The number of halogens is 2. The van der Waals surface area contributed by atoms with Crippen molar-refractivity contribution < 1.29 is 0 Å². The summed E-state index contributed by atoms with van der Waals surface area (Å²) in [5, 5.41) is 1.08. The molecule has 2 heterocycles. The lowest BCUT2D eigenvalue weighted by Gasteiger charge is -2.26. The molecule has 0 unspecified atom stereocenters. The lowest BCUT2D eigenvalue weighted by atomic mass is 9.92. The van der Waals surface area contributed by atoms with Crippen molar-refractivity contribution in [3.05, 3.63) is 77.4 Å². The Morgan fingerprint density at radius 1 is 1.20 bits per heavy atom. The van der Waals surface area contributed by atoms with Crippen LogP contribution in [0.15, 0.2) is 55.9 Å². The van der Waals surface area contributed by atoms with Crippen LogP contribution in [0.2, 0.25) is 10.0 Å². The van der Waals surface area contributed by atoms with Crippen LogP contribution in [0.1, 0.15) is 51.9 Å². The molecule has 2 rings (SSSR count). The lowest BCUT2D eigenvalue weighted by Crippen LogP contribution is -2.25. The van der Waals surface area contributed by atoms with Crippen LogP contribution in [0.5, 0.6) is 0 Å². The van der Waals surface area contributed by atoms with E-state index in [0.29, 0.717) is 22.1 Å². The molecule has 0 saturated heterocycles. The van der Waals surface area contributed by atoms with Gasteiger partial charge in [-0.25, -0.2) is 4.98 Å². The molecule has 0 aliphatic rings. The van der Waals surface area contributed by atoms with Gasteiger partial charge in [-0.2, -0.15) is 0 Å². The first-order chi connectivity index (χ1) is 14.1. The van der Waals surface area contributed by atoms with Crippen LogP contribution in [-0.4, -0.2) is 27.4 Å². The number of hydrogen-bond donors (Lipinski definition) is 0. The normalized spacial score (nSPS) is 11.9. The van der Waals surface area contributed by atoms with Gasteiger partial charge in [0.2, 0.25) is 0 Å². The molecule has 5 heteroatoms. The summed E-state index contributed by atoms with van der Waals surface area (Å²) in [6.07, 6.45) is 10.6. The van der Waals surface area contributed by atoms with E-state index in [2.05, 4.69) is 58.4 Å². The van der Waals surface area contributed by atoms with Gasteiger partial charge in [0.05, 0.1) is 21.4 Å². The van der Waals surface area contributed by atoms with E-state index >= 15 is 0 Å². The summed E-state index contributed by atoms with van der Waals surface area (Å²) in [7, 11) is 0. The predicted molar refractivity (Wildman–Crippen MR) is 132 cm³/mol. The van der Waals surface area contributed by atoms with Crippen LogP contribution in [0.4, 0.5) is 0 Å². The summed E-state index contributed by atoms with van der Waals surface area (Å²) in [5.74, 6) is 0. The van der Waals surface area contributed by atoms with E-state index in [-0.39, 0.29) is 5.41 Å². The summed E-state index contributed by atoms with van der Waals surface area (Å²) in [6.45, 7) is 23.1. The first-order valence-electron chi connectivity index (χ1n) is 10.4. The lowest BCUT2D eigenvalue weighted by molar-refractivity contribution is 0.338. The van der Waals surface area contributed by atoms with E-state index in [9.17, 15) is 0 Å². The van der Waals surface area contributed by atoms with E-state index < -0.39 is 0 Å². The standard InChI is InChI=1S/C25H33Cl2N3/c1-8-13-29(14-9-2)19(5)15-22-23(18(4)11-12-25(6,7)10-3)28-24-21(27)16-20(26)17-30(22)24/h10-12,16-17H,3-5,8-9,13-15H2,1-2,6-7H3/b12-11-. The van der Waals surface area contributed by atoms with Crippen molar-refractivity contribution in [2.75, 3.05) is 13.1 Å². The fourth-order valence-corrected chi connectivity index (χ4v) is 3.79. The maximum atomic E-state index is 6.46. The fraction of sp³-hybridized carbons (Fsp3) is 0.400. The predicted octanol–water partition coefficient (Wildman–Crippen LogP) is 7.60. The van der Waals surface area contributed by atoms with E-state index in [1.165, 1.54) is 0 Å². The second kappa shape index (κ2) is 10.4. The van der Waals surface area contributed by atoms with Crippen molar-refractivity contribution in [2.45, 2.75) is 47.0 Å². The Morgan fingerprint density at radius 3 is 2.40 bits per heavy atom. The van der Waals surface area contributed by atoms with Gasteiger partial charge in [0, 0.05) is 36.8 Å². The number of pyridine rings is 1. The Balaban J connectivity index is 2.54. The highest BCUT2D eigenvalue weighted by Gasteiger charge is 2.19. The fourth-order valence-electron chi connectivity index (χ4n) is 3.28. The van der Waals surface area contributed by atoms with Gasteiger partial charge in [0.25, 0.3) is 0 Å². The molecule has 0 spiro atoms. The monoisotopic (exact) mass is 445 g/mol. The SMILES string of the molecule is C=CC(C)(C)/C=C\C(=C)c1nc2c(Cl)cc(Cl)cn2c1CC(=C)N(CCC)CCC. The third-order valence-corrected chi connectivity index (χ3v) is 5.58. The molecular weight excluding hydrogens is 413 g/mol. The van der Waals surface area contributed by atoms with Gasteiger partial charge in [0.1, 0.15) is 0 Å². The molecule has 0 aromatic carbocycles. The topological polar surface area (TPSA) is 20.5 Å². The minimum atomic E-state index is -0.133. The second-order valence-electron chi connectivity index (χ2n) is 8.22. The summed E-state index contributed by atoms with van der Waals surface area (Å²) in [4.78, 5) is 7.16.